The van der Waals surface area contributed by atoms with Crippen molar-refractivity contribution in [3.8, 4) is 0 Å². The second kappa shape index (κ2) is 9.85. The van der Waals surface area contributed by atoms with Gasteiger partial charge in [0.2, 0.25) is 5.91 Å². The maximum Gasteiger partial charge on any atom is 0.317 e. The summed E-state index contributed by atoms with van der Waals surface area (Å²) in [6.45, 7) is 6.12. The van der Waals surface area contributed by atoms with E-state index >= 15 is 0 Å². The summed E-state index contributed by atoms with van der Waals surface area (Å²) in [5.74, 6) is -0.703. The molecule has 2 rings (SSSR count). The van der Waals surface area contributed by atoms with Gasteiger partial charge >= 0.3 is 5.97 Å². The third-order valence-electron chi connectivity index (χ3n) is 5.04. The van der Waals surface area contributed by atoms with Crippen LogP contribution in [0.25, 0.3) is 0 Å². The number of likely N-dealkylation sites (N-methyl/N-ethyl adjacent to an activating group) is 1. The van der Waals surface area contributed by atoms with Crippen LogP contribution in [-0.2, 0) is 20.7 Å². The van der Waals surface area contributed by atoms with Gasteiger partial charge in [0, 0.05) is 25.0 Å². The average molecular weight is 376 g/mol. The number of carboxylic acid groups (broad SMARTS) is 1. The standard InChI is InChI=1S/C21H32N2O4/c1-21(2,11-7-10-17-8-5-4-6-9-17)20(26)23-12-13-27-18(15-23)14-22(3)16-19(24)25/h4-6,8-9,18H,7,10-16H2,1-3H3,(H,24,25). The van der Waals surface area contributed by atoms with Gasteiger partial charge in [0.15, 0.2) is 0 Å². The summed E-state index contributed by atoms with van der Waals surface area (Å²) in [4.78, 5) is 27.4. The summed E-state index contributed by atoms with van der Waals surface area (Å²) in [6, 6.07) is 10.3. The zero-order chi connectivity index (χ0) is 19.9. The fourth-order valence-corrected chi connectivity index (χ4v) is 3.57. The zero-order valence-electron chi connectivity index (χ0n) is 16.7. The summed E-state index contributed by atoms with van der Waals surface area (Å²) in [5.41, 5.74) is 0.887. The quantitative estimate of drug-likeness (QED) is 0.716. The van der Waals surface area contributed by atoms with Gasteiger partial charge in [-0.3, -0.25) is 14.5 Å². The lowest BCUT2D eigenvalue weighted by atomic mass is 9.84. The highest BCUT2D eigenvalue weighted by Gasteiger charge is 2.34. The number of carbonyl (C=O) groups is 2. The van der Waals surface area contributed by atoms with Crippen molar-refractivity contribution < 1.29 is 19.4 Å². The first-order valence-corrected chi connectivity index (χ1v) is 9.63. The molecule has 6 nitrogen and oxygen atoms in total. The maximum atomic E-state index is 13.0. The second-order valence-corrected chi connectivity index (χ2v) is 8.06. The Kier molecular flexibility index (Phi) is 7.80. The lowest BCUT2D eigenvalue weighted by Gasteiger charge is -2.38. The zero-order valence-corrected chi connectivity index (χ0v) is 16.7. The van der Waals surface area contributed by atoms with Crippen LogP contribution in [0.2, 0.25) is 0 Å². The number of carboxylic acids is 1. The fraction of sp³-hybridized carbons (Fsp3) is 0.619. The summed E-state index contributed by atoms with van der Waals surface area (Å²) < 4.78 is 5.73. The smallest absolute Gasteiger partial charge is 0.317 e. The molecule has 1 aliphatic heterocycles. The van der Waals surface area contributed by atoms with E-state index in [-0.39, 0.29) is 18.6 Å². The van der Waals surface area contributed by atoms with Gasteiger partial charge < -0.3 is 14.7 Å². The van der Waals surface area contributed by atoms with E-state index in [9.17, 15) is 9.59 Å². The molecule has 0 spiro atoms. The Morgan fingerprint density at radius 3 is 2.67 bits per heavy atom. The molecule has 6 heteroatoms. The van der Waals surface area contributed by atoms with Gasteiger partial charge in [-0.05, 0) is 31.9 Å². The monoisotopic (exact) mass is 376 g/mol. The van der Waals surface area contributed by atoms with Crippen LogP contribution in [0.4, 0.5) is 0 Å². The van der Waals surface area contributed by atoms with Crippen LogP contribution >= 0.6 is 0 Å². The molecular weight excluding hydrogens is 344 g/mol. The molecule has 0 radical (unpaired) electrons. The number of morpholine rings is 1. The van der Waals surface area contributed by atoms with E-state index in [0.717, 1.165) is 19.3 Å². The number of nitrogens with zero attached hydrogens (tertiary/aromatic N) is 2. The van der Waals surface area contributed by atoms with Gasteiger partial charge in [-0.15, -0.1) is 0 Å². The van der Waals surface area contributed by atoms with Crippen molar-refractivity contribution in [3.05, 3.63) is 35.9 Å². The Balaban J connectivity index is 1.83. The van der Waals surface area contributed by atoms with Crippen molar-refractivity contribution in [1.29, 1.82) is 0 Å². The third kappa shape index (κ3) is 6.96. The number of hydrogen-bond donors (Lipinski definition) is 1. The van der Waals surface area contributed by atoms with E-state index in [1.54, 1.807) is 11.9 Å². The molecule has 1 aromatic carbocycles. The van der Waals surface area contributed by atoms with E-state index in [0.29, 0.717) is 26.2 Å². The molecule has 0 aromatic heterocycles. The van der Waals surface area contributed by atoms with Crippen LogP contribution in [0.1, 0.15) is 32.3 Å². The van der Waals surface area contributed by atoms with Crippen molar-refractivity contribution in [2.75, 3.05) is 39.8 Å². The lowest BCUT2D eigenvalue weighted by Crippen LogP contribution is -2.52. The number of amides is 1. The van der Waals surface area contributed by atoms with Crippen LogP contribution in [0.3, 0.4) is 0 Å². The number of aliphatic carboxylic acids is 1. The Morgan fingerprint density at radius 1 is 1.30 bits per heavy atom. The van der Waals surface area contributed by atoms with E-state index in [1.807, 2.05) is 36.9 Å². The summed E-state index contributed by atoms with van der Waals surface area (Å²) in [5, 5.41) is 8.88. The molecule has 1 aromatic rings. The molecule has 1 heterocycles. The number of ether oxygens (including phenoxy) is 1. The minimum absolute atomic E-state index is 0.0290. The van der Waals surface area contributed by atoms with Crippen LogP contribution in [0.15, 0.2) is 30.3 Å². The first-order valence-electron chi connectivity index (χ1n) is 9.63. The molecule has 0 bridgehead atoms. The first-order chi connectivity index (χ1) is 12.8. The van der Waals surface area contributed by atoms with Gasteiger partial charge in [0.05, 0.1) is 19.3 Å². The van der Waals surface area contributed by atoms with Gasteiger partial charge in [0.25, 0.3) is 0 Å². The van der Waals surface area contributed by atoms with E-state index in [2.05, 4.69) is 12.1 Å². The van der Waals surface area contributed by atoms with Crippen molar-refractivity contribution in [2.45, 2.75) is 39.2 Å². The van der Waals surface area contributed by atoms with Crippen LogP contribution in [0.5, 0.6) is 0 Å². The van der Waals surface area contributed by atoms with E-state index in [4.69, 9.17) is 9.84 Å². The minimum Gasteiger partial charge on any atom is -0.480 e. The SMILES string of the molecule is CN(CC(=O)O)CC1CN(C(=O)C(C)(C)CCCc2ccccc2)CCO1. The molecule has 1 fully saturated rings. The molecule has 1 unspecified atom stereocenters. The predicted octanol–water partition coefficient (Wildman–Crippen LogP) is 2.28. The first kappa shape index (κ1) is 21.4. The Labute approximate surface area is 162 Å². The van der Waals surface area contributed by atoms with Crippen molar-refractivity contribution in [3.63, 3.8) is 0 Å². The molecular formula is C21H32N2O4. The highest BCUT2D eigenvalue weighted by molar-refractivity contribution is 5.82. The van der Waals surface area contributed by atoms with E-state index in [1.165, 1.54) is 5.56 Å². The number of carbonyl (C=O) groups excluding carboxylic acids is 1. The van der Waals surface area contributed by atoms with Gasteiger partial charge in [-0.2, -0.15) is 0 Å². The molecule has 150 valence electrons. The summed E-state index contributed by atoms with van der Waals surface area (Å²) in [7, 11) is 1.76. The number of benzene rings is 1. The Bertz CT molecular complexity index is 618. The highest BCUT2D eigenvalue weighted by atomic mass is 16.5. The van der Waals surface area contributed by atoms with E-state index < -0.39 is 11.4 Å². The Hall–Kier alpha value is -1.92. The lowest BCUT2D eigenvalue weighted by molar-refractivity contribution is -0.149. The van der Waals surface area contributed by atoms with Crippen LogP contribution in [-0.4, -0.2) is 72.7 Å². The summed E-state index contributed by atoms with van der Waals surface area (Å²) >= 11 is 0. The van der Waals surface area contributed by atoms with Gasteiger partial charge in [-0.1, -0.05) is 44.2 Å². The minimum atomic E-state index is -0.860. The molecule has 1 N–H and O–H groups in total. The molecule has 27 heavy (non-hydrogen) atoms. The molecule has 1 atom stereocenters. The predicted molar refractivity (Wildman–Crippen MR) is 105 cm³/mol. The Morgan fingerprint density at radius 2 is 2.00 bits per heavy atom. The topological polar surface area (TPSA) is 70.1 Å². The molecule has 1 aliphatic rings. The second-order valence-electron chi connectivity index (χ2n) is 8.06. The van der Waals surface area contributed by atoms with Crippen molar-refractivity contribution in [2.24, 2.45) is 5.41 Å². The normalized spacial score (nSPS) is 17.9. The maximum absolute atomic E-state index is 13.0. The van der Waals surface area contributed by atoms with Crippen LogP contribution in [0, 0.1) is 5.41 Å². The average Bonchev–Trinajstić information content (AvgIpc) is 2.61. The number of rotatable bonds is 9. The largest absolute Gasteiger partial charge is 0.480 e. The molecule has 0 aliphatic carbocycles. The van der Waals surface area contributed by atoms with Crippen molar-refractivity contribution >= 4 is 11.9 Å². The highest BCUT2D eigenvalue weighted by Crippen LogP contribution is 2.27. The number of hydrogen-bond acceptors (Lipinski definition) is 4. The fourth-order valence-electron chi connectivity index (χ4n) is 3.57. The van der Waals surface area contributed by atoms with Gasteiger partial charge in [0.1, 0.15) is 0 Å². The summed E-state index contributed by atoms with van der Waals surface area (Å²) in [6.07, 6.45) is 2.63. The van der Waals surface area contributed by atoms with Gasteiger partial charge in [-0.25, -0.2) is 0 Å². The van der Waals surface area contributed by atoms with Crippen LogP contribution < -0.4 is 0 Å². The molecule has 0 saturated carbocycles. The molecule has 1 amide bonds. The third-order valence-corrected chi connectivity index (χ3v) is 5.04. The van der Waals surface area contributed by atoms with Crippen molar-refractivity contribution in [1.82, 2.24) is 9.80 Å². The molecule has 1 saturated heterocycles. The number of aryl methyl sites for hydroxylation is 1.